The number of piperazine rings is 1. The molecule has 1 fully saturated rings. The minimum Gasteiger partial charge on any atom is -0.381 e. The highest BCUT2D eigenvalue weighted by Gasteiger charge is 2.26. The second-order valence-electron chi connectivity index (χ2n) is 16.2. The molecule has 5 aromatic carbocycles. The Morgan fingerprint density at radius 1 is 0.806 bits per heavy atom. The van der Waals surface area contributed by atoms with Gasteiger partial charge >= 0.3 is 0 Å². The summed E-state index contributed by atoms with van der Waals surface area (Å²) in [5, 5.41) is 3.69. The van der Waals surface area contributed by atoms with E-state index in [0.717, 1.165) is 95.6 Å². The summed E-state index contributed by atoms with van der Waals surface area (Å²) < 4.78 is 46.0. The number of rotatable bonds is 17. The van der Waals surface area contributed by atoms with Crippen molar-refractivity contribution in [2.45, 2.75) is 49.4 Å². The number of carbonyl (C=O) groups excluding carboxylic acids is 1. The molecular formula is C50H57FN6O3S2. The maximum atomic E-state index is 14.0. The average molecular weight is 873 g/mol. The summed E-state index contributed by atoms with van der Waals surface area (Å²) in [4.78, 5) is 21.7. The molecule has 2 heterocycles. The zero-order chi connectivity index (χ0) is 44.0. The van der Waals surface area contributed by atoms with Crippen molar-refractivity contribution in [2.75, 3.05) is 72.4 Å². The van der Waals surface area contributed by atoms with Gasteiger partial charge in [0.1, 0.15) is 5.82 Å². The zero-order valence-corrected chi connectivity index (χ0v) is 38.1. The van der Waals surface area contributed by atoms with E-state index < -0.39 is 10.0 Å². The van der Waals surface area contributed by atoms with E-state index in [1.807, 2.05) is 92.7 Å². The summed E-state index contributed by atoms with van der Waals surface area (Å²) in [7, 11) is 2.29. The van der Waals surface area contributed by atoms with Crippen molar-refractivity contribution in [2.24, 2.45) is 7.05 Å². The molecule has 7 rings (SSSR count). The van der Waals surface area contributed by atoms with E-state index in [4.69, 9.17) is 0 Å². The molecule has 0 aliphatic carbocycles. The lowest BCUT2D eigenvalue weighted by molar-refractivity contribution is 0.0988. The maximum absolute atomic E-state index is 14.0. The molecule has 1 atom stereocenters. The topological polar surface area (TPSA) is 89.9 Å². The third kappa shape index (κ3) is 10.4. The smallest absolute Gasteiger partial charge is 0.261 e. The molecule has 1 aromatic heterocycles. The molecule has 1 aliphatic rings. The number of benzene rings is 5. The first-order valence-electron chi connectivity index (χ1n) is 21.2. The molecule has 1 saturated heterocycles. The minimum absolute atomic E-state index is 0.0746. The number of sulfonamides is 1. The monoisotopic (exact) mass is 872 g/mol. The van der Waals surface area contributed by atoms with Gasteiger partial charge in [-0.25, -0.2) is 12.8 Å². The Balaban J connectivity index is 0.993. The average Bonchev–Trinajstić information content (AvgIpc) is 3.54. The summed E-state index contributed by atoms with van der Waals surface area (Å²) in [6.07, 6.45) is 1.34. The van der Waals surface area contributed by atoms with Gasteiger partial charge in [-0.05, 0) is 149 Å². The highest BCUT2D eigenvalue weighted by molar-refractivity contribution is 7.99. The first-order chi connectivity index (χ1) is 29.8. The van der Waals surface area contributed by atoms with E-state index in [2.05, 4.69) is 75.2 Å². The molecular weight excluding hydrogens is 816 g/mol. The maximum Gasteiger partial charge on any atom is 0.261 e. The Morgan fingerprint density at radius 3 is 2.13 bits per heavy atom. The molecule has 0 amide bonds. The number of nitrogens with zero attached hydrogens (tertiary/aromatic N) is 4. The number of aryl methyl sites for hydroxylation is 1. The Labute approximate surface area is 371 Å². The van der Waals surface area contributed by atoms with Crippen LogP contribution in [0.5, 0.6) is 0 Å². The predicted octanol–water partition coefficient (Wildman–Crippen LogP) is 10.4. The van der Waals surface area contributed by atoms with E-state index >= 15 is 0 Å². The van der Waals surface area contributed by atoms with Crippen molar-refractivity contribution in [1.29, 1.82) is 0 Å². The Hall–Kier alpha value is -5.56. The van der Waals surface area contributed by atoms with Gasteiger partial charge < -0.3 is 24.6 Å². The number of thioether (sulfide) groups is 1. The molecule has 0 saturated carbocycles. The van der Waals surface area contributed by atoms with Crippen LogP contribution in [0.4, 0.5) is 27.1 Å². The summed E-state index contributed by atoms with van der Waals surface area (Å²) in [6, 6.07) is 38.2. The number of halogens is 1. The van der Waals surface area contributed by atoms with E-state index in [0.29, 0.717) is 17.7 Å². The lowest BCUT2D eigenvalue weighted by atomic mass is 9.93. The van der Waals surface area contributed by atoms with Gasteiger partial charge in [0.05, 0.1) is 10.6 Å². The van der Waals surface area contributed by atoms with Crippen LogP contribution in [0.25, 0.3) is 22.4 Å². The highest BCUT2D eigenvalue weighted by atomic mass is 32.2. The van der Waals surface area contributed by atoms with E-state index in [1.165, 1.54) is 17.0 Å². The van der Waals surface area contributed by atoms with Crippen molar-refractivity contribution >= 4 is 50.3 Å². The number of aromatic nitrogens is 1. The second kappa shape index (κ2) is 19.7. The third-order valence-electron chi connectivity index (χ3n) is 11.7. The number of hydrogen-bond acceptors (Lipinski definition) is 8. The van der Waals surface area contributed by atoms with Crippen LogP contribution in [-0.2, 0) is 17.1 Å². The van der Waals surface area contributed by atoms with Gasteiger partial charge in [-0.3, -0.25) is 9.52 Å². The van der Waals surface area contributed by atoms with Crippen LogP contribution in [0.3, 0.4) is 0 Å². The number of carbonyl (C=O) groups is 1. The van der Waals surface area contributed by atoms with E-state index in [-0.39, 0.29) is 22.5 Å². The fourth-order valence-electron chi connectivity index (χ4n) is 8.09. The van der Waals surface area contributed by atoms with Gasteiger partial charge in [-0.1, -0.05) is 37.3 Å². The normalized spacial score (nSPS) is 13.7. The van der Waals surface area contributed by atoms with Crippen LogP contribution in [0.15, 0.2) is 131 Å². The molecule has 12 heteroatoms. The minimum atomic E-state index is -3.82. The van der Waals surface area contributed by atoms with Crippen LogP contribution < -0.4 is 19.8 Å². The Bertz CT molecular complexity index is 2590. The summed E-state index contributed by atoms with van der Waals surface area (Å²) in [5.74, 6) is 0.659. The first kappa shape index (κ1) is 44.5. The predicted molar refractivity (Wildman–Crippen MR) is 256 cm³/mol. The van der Waals surface area contributed by atoms with Gasteiger partial charge in [0.15, 0.2) is 5.78 Å². The number of ketones is 1. The van der Waals surface area contributed by atoms with Crippen molar-refractivity contribution in [3.05, 3.63) is 144 Å². The van der Waals surface area contributed by atoms with Crippen molar-refractivity contribution in [3.8, 4) is 22.4 Å². The van der Waals surface area contributed by atoms with Crippen molar-refractivity contribution in [3.63, 3.8) is 0 Å². The largest absolute Gasteiger partial charge is 0.381 e. The molecule has 324 valence electrons. The van der Waals surface area contributed by atoms with Gasteiger partial charge in [-0.15, -0.1) is 11.8 Å². The number of nitrogens with one attached hydrogen (secondary N) is 2. The molecule has 0 spiro atoms. The van der Waals surface area contributed by atoms with Crippen LogP contribution in [0.2, 0.25) is 0 Å². The van der Waals surface area contributed by atoms with Gasteiger partial charge in [-0.2, -0.15) is 0 Å². The van der Waals surface area contributed by atoms with Crippen molar-refractivity contribution in [1.82, 2.24) is 9.47 Å². The summed E-state index contributed by atoms with van der Waals surface area (Å²) in [6.45, 7) is 9.86. The van der Waals surface area contributed by atoms with Crippen LogP contribution in [0, 0.1) is 19.7 Å². The zero-order valence-electron chi connectivity index (χ0n) is 36.5. The molecule has 0 unspecified atom stereocenters. The Morgan fingerprint density at radius 2 is 1.48 bits per heavy atom. The molecule has 9 nitrogen and oxygen atoms in total. The van der Waals surface area contributed by atoms with E-state index in [1.54, 1.807) is 24.3 Å². The fraction of sp³-hybridized carbons (Fsp3) is 0.300. The van der Waals surface area contributed by atoms with Crippen molar-refractivity contribution < 1.29 is 17.6 Å². The summed E-state index contributed by atoms with van der Waals surface area (Å²) in [5.41, 5.74) is 9.55. The SMILES string of the molecule is CCC(=O)c1c(-c2cccc(N3CCN(c4ccc(NS(=O)(=O)c5ccc(N[C@H](CCN(C)C)CSc6ccccc6)c(C)c5)cc4)CC3)c2)c(-c2ccc(F)cc2)n(C)c1C. The van der Waals surface area contributed by atoms with Crippen LogP contribution >= 0.6 is 11.8 Å². The highest BCUT2D eigenvalue weighted by Crippen LogP contribution is 2.41. The number of Topliss-reactive ketones (excluding diaryl/α,β-unsaturated/α-hetero) is 1. The molecule has 6 aromatic rings. The number of anilines is 4. The molecule has 2 N–H and O–H groups in total. The molecule has 0 radical (unpaired) electrons. The first-order valence-corrected chi connectivity index (χ1v) is 23.7. The summed E-state index contributed by atoms with van der Waals surface area (Å²) >= 11 is 1.82. The van der Waals surface area contributed by atoms with Crippen LogP contribution in [0.1, 0.15) is 41.4 Å². The molecule has 1 aliphatic heterocycles. The quantitative estimate of drug-likeness (QED) is 0.0692. The lowest BCUT2D eigenvalue weighted by Gasteiger charge is -2.37. The van der Waals surface area contributed by atoms with Gasteiger partial charge in [0.2, 0.25) is 0 Å². The number of hydrogen-bond donors (Lipinski definition) is 2. The van der Waals surface area contributed by atoms with Gasteiger partial charge in [0.25, 0.3) is 10.0 Å². The molecule has 62 heavy (non-hydrogen) atoms. The lowest BCUT2D eigenvalue weighted by Crippen LogP contribution is -2.46. The second-order valence-corrected chi connectivity index (χ2v) is 19.0. The Kier molecular flexibility index (Phi) is 14.1. The fourth-order valence-corrected chi connectivity index (χ4v) is 10.2. The standard InChI is InChI=1S/C50H57FN6O3S2/c1-7-47(58)48-36(3)55(6)50(37-16-18-39(51)19-17-37)49(48)38-12-11-13-43(33-38)57-30-28-56(29-31-57)42-22-20-40(21-23-42)53-62(59,60)45-24-25-46(35(2)32-45)52-41(26-27-54(4)5)34-61-44-14-9-8-10-15-44/h8-25,32-33,41,52-53H,7,26-31,34H2,1-6H3/t41-/m1/s1. The van der Waals surface area contributed by atoms with Crippen LogP contribution in [-0.4, -0.2) is 82.3 Å². The molecule has 0 bridgehead atoms. The third-order valence-corrected chi connectivity index (χ3v) is 14.2. The van der Waals surface area contributed by atoms with E-state index in [9.17, 15) is 17.6 Å². The van der Waals surface area contributed by atoms with Gasteiger partial charge in [0, 0.05) is 95.9 Å².